The molecule has 7 nitrogen and oxygen atoms in total. The first kappa shape index (κ1) is 35.3. The summed E-state index contributed by atoms with van der Waals surface area (Å²) in [5, 5.41) is 16.8. The van der Waals surface area contributed by atoms with E-state index in [0.717, 1.165) is 64.4 Å². The van der Waals surface area contributed by atoms with Gasteiger partial charge in [0.15, 0.2) is 0 Å². The zero-order valence-corrected chi connectivity index (χ0v) is 22.0. The number of carbonyl (C=O) groups excluding carboxylic acids is 2. The first-order chi connectivity index (χ1) is 16.7. The molecule has 1 aromatic carbocycles. The van der Waals surface area contributed by atoms with Gasteiger partial charge in [0, 0.05) is 42.4 Å². The number of hydrogen-bond acceptors (Lipinski definition) is 7. The summed E-state index contributed by atoms with van der Waals surface area (Å²) < 4.78 is 42.7. The summed E-state index contributed by atoms with van der Waals surface area (Å²) in [6, 6.07) is 3.63. The number of aldehydes is 1. The van der Waals surface area contributed by atoms with E-state index < -0.39 is 11.7 Å². The largest absolute Gasteiger partial charge is 0.468 e. The Morgan fingerprint density at radius 3 is 2.43 bits per heavy atom. The zero-order chi connectivity index (χ0) is 27.3. The minimum atomic E-state index is -4.42. The monoisotopic (exact) mass is 527 g/mol. The fraction of sp³-hybridized carbons (Fsp3) is 0.667. The third-order valence-corrected chi connectivity index (χ3v) is 5.02. The molecule has 35 heavy (non-hydrogen) atoms. The van der Waals surface area contributed by atoms with Gasteiger partial charge in [-0.05, 0) is 64.4 Å². The fourth-order valence-corrected chi connectivity index (χ4v) is 3.46. The summed E-state index contributed by atoms with van der Waals surface area (Å²) in [6.45, 7) is 11.0. The maximum absolute atomic E-state index is 12.8. The van der Waals surface area contributed by atoms with E-state index in [1.54, 1.807) is 6.92 Å². The van der Waals surface area contributed by atoms with Crippen molar-refractivity contribution in [1.29, 1.82) is 0 Å². The number of aliphatic hydroxyl groups is 1. The summed E-state index contributed by atoms with van der Waals surface area (Å²) in [4.78, 5) is 20.3. The van der Waals surface area contributed by atoms with E-state index in [2.05, 4.69) is 20.7 Å². The van der Waals surface area contributed by atoms with Crippen LogP contribution in [0.5, 0.6) is 0 Å². The Morgan fingerprint density at radius 2 is 1.91 bits per heavy atom. The van der Waals surface area contributed by atoms with Crippen LogP contribution in [0.25, 0.3) is 0 Å². The van der Waals surface area contributed by atoms with Crippen LogP contribution in [0.1, 0.15) is 52.5 Å². The lowest BCUT2D eigenvalue weighted by molar-refractivity contribution is -0.137. The second kappa shape index (κ2) is 21.4. The number of hydrogen-bond donors (Lipinski definition) is 4. The van der Waals surface area contributed by atoms with Crippen molar-refractivity contribution in [3.63, 3.8) is 0 Å². The number of halogens is 4. The quantitative estimate of drug-likeness (QED) is 0.262. The number of ether oxygens (including phenoxy) is 1. The molecule has 1 heterocycles. The fourth-order valence-electron chi connectivity index (χ4n) is 3.22. The van der Waals surface area contributed by atoms with Crippen LogP contribution in [0.3, 0.4) is 0 Å². The number of nitrogens with one attached hydrogen (secondary N) is 3. The van der Waals surface area contributed by atoms with E-state index in [1.165, 1.54) is 6.07 Å². The van der Waals surface area contributed by atoms with Crippen molar-refractivity contribution in [2.45, 2.75) is 65.2 Å². The first-order valence-electron chi connectivity index (χ1n) is 11.7. The van der Waals surface area contributed by atoms with E-state index in [1.807, 2.05) is 20.8 Å². The van der Waals surface area contributed by atoms with Gasteiger partial charge in [-0.25, -0.2) is 0 Å². The maximum Gasteiger partial charge on any atom is 0.416 e. The Bertz CT molecular complexity index is 682. The van der Waals surface area contributed by atoms with Crippen molar-refractivity contribution in [2.75, 3.05) is 38.7 Å². The number of rotatable bonds is 10. The smallest absolute Gasteiger partial charge is 0.416 e. The molecule has 2 unspecified atom stereocenters. The van der Waals surface area contributed by atoms with Gasteiger partial charge in [0.1, 0.15) is 6.29 Å². The molecule has 1 aromatic rings. The van der Waals surface area contributed by atoms with E-state index in [-0.39, 0.29) is 23.0 Å². The van der Waals surface area contributed by atoms with Gasteiger partial charge in [-0.2, -0.15) is 13.2 Å². The summed E-state index contributed by atoms with van der Waals surface area (Å²) in [6.07, 6.45) is -0.928. The highest BCUT2D eigenvalue weighted by molar-refractivity contribution is 6.30. The van der Waals surface area contributed by atoms with Crippen LogP contribution in [-0.4, -0.2) is 63.3 Å². The van der Waals surface area contributed by atoms with Gasteiger partial charge in [-0.15, -0.1) is 0 Å². The minimum Gasteiger partial charge on any atom is -0.468 e. The Balaban J connectivity index is 0. The second-order valence-corrected chi connectivity index (χ2v) is 7.76. The molecule has 11 heteroatoms. The maximum atomic E-state index is 12.8. The van der Waals surface area contributed by atoms with Gasteiger partial charge in [-0.1, -0.05) is 25.4 Å². The normalized spacial score (nSPS) is 17.7. The molecule has 204 valence electrons. The molecule has 1 saturated heterocycles. The summed E-state index contributed by atoms with van der Waals surface area (Å²) in [5.41, 5.74) is -0.395. The molecule has 0 bridgehead atoms. The van der Waals surface area contributed by atoms with Crippen molar-refractivity contribution in [2.24, 2.45) is 5.92 Å². The molecule has 1 aliphatic heterocycles. The van der Waals surface area contributed by atoms with E-state index in [4.69, 9.17) is 16.7 Å². The van der Waals surface area contributed by atoms with Crippen LogP contribution < -0.4 is 16.0 Å². The van der Waals surface area contributed by atoms with Crippen molar-refractivity contribution in [3.05, 3.63) is 28.8 Å². The Kier molecular flexibility index (Phi) is 21.6. The summed E-state index contributed by atoms with van der Waals surface area (Å²) >= 11 is 5.80. The number of anilines is 1. The molecule has 0 spiro atoms. The highest BCUT2D eigenvalue weighted by Gasteiger charge is 2.31. The molecular weight excluding hydrogens is 487 g/mol. The molecular formula is C24H41ClF3N3O4. The van der Waals surface area contributed by atoms with Crippen LogP contribution in [0.15, 0.2) is 18.2 Å². The van der Waals surface area contributed by atoms with E-state index in [0.29, 0.717) is 18.8 Å². The van der Waals surface area contributed by atoms with Crippen LogP contribution in [0.4, 0.5) is 18.9 Å². The lowest BCUT2D eigenvalue weighted by Crippen LogP contribution is -2.49. The topological polar surface area (TPSA) is 99.7 Å². The van der Waals surface area contributed by atoms with Crippen LogP contribution in [-0.2, 0) is 20.5 Å². The average Bonchev–Trinajstić information content (AvgIpc) is 2.84. The molecule has 0 amide bonds. The lowest BCUT2D eigenvalue weighted by Gasteiger charge is -2.29. The molecule has 3 atom stereocenters. The Morgan fingerprint density at radius 1 is 1.26 bits per heavy atom. The number of carbonyl (C=O) groups is 2. The summed E-state index contributed by atoms with van der Waals surface area (Å²) in [7, 11) is 1.00. The molecule has 0 aliphatic carbocycles. The van der Waals surface area contributed by atoms with Gasteiger partial charge in [0.2, 0.25) is 0 Å². The lowest BCUT2D eigenvalue weighted by atomic mass is 9.94. The number of aliphatic hydroxyl groups excluding tert-OH is 1. The predicted molar refractivity (Wildman–Crippen MR) is 135 cm³/mol. The Labute approximate surface area is 212 Å². The average molecular weight is 528 g/mol. The standard InChI is InChI=1S/C18H25ClF3N3O.C3H6O2.C2H6.CH4O/c1-12(3-2-5-24-17-10-23-6-4-13(17)11-26)25-16-8-14(18(20,21)22)7-15(19)9-16;1-2-5-3-4;2*1-2/h7-9,11-13,17,23-25H,2-6,10H2,1H3;3H,2H2,1H3;1-2H3;2H,1H3/t12?,13?,17-;;;/m0.../s1. The molecule has 1 fully saturated rings. The third kappa shape index (κ3) is 16.4. The number of benzene rings is 1. The molecule has 0 saturated carbocycles. The summed E-state index contributed by atoms with van der Waals surface area (Å²) in [5.74, 6) is 0.0408. The highest BCUT2D eigenvalue weighted by Crippen LogP contribution is 2.33. The molecule has 2 rings (SSSR count). The minimum absolute atomic E-state index is 0.00250. The SMILES string of the molecule is CC.CC(CCCN[C@H]1CNCCC1C=O)Nc1cc(Cl)cc(C(F)(F)F)c1.CCOC=O.CO. The van der Waals surface area contributed by atoms with Gasteiger partial charge in [-0.3, -0.25) is 4.79 Å². The van der Waals surface area contributed by atoms with Crippen molar-refractivity contribution in [3.8, 4) is 0 Å². The van der Waals surface area contributed by atoms with Gasteiger partial charge < -0.3 is 30.6 Å². The van der Waals surface area contributed by atoms with Crippen LogP contribution in [0.2, 0.25) is 5.02 Å². The number of piperidine rings is 1. The van der Waals surface area contributed by atoms with Gasteiger partial charge in [0.25, 0.3) is 6.47 Å². The van der Waals surface area contributed by atoms with Crippen LogP contribution >= 0.6 is 11.6 Å². The molecule has 1 aliphatic rings. The number of alkyl halides is 3. The van der Waals surface area contributed by atoms with E-state index in [9.17, 15) is 22.8 Å². The van der Waals surface area contributed by atoms with Crippen molar-refractivity contribution < 1.29 is 32.6 Å². The second-order valence-electron chi connectivity index (χ2n) is 7.32. The highest BCUT2D eigenvalue weighted by atomic mass is 35.5. The van der Waals surface area contributed by atoms with Crippen LogP contribution in [0, 0.1) is 5.92 Å². The third-order valence-electron chi connectivity index (χ3n) is 4.80. The Hall–Kier alpha value is -1.88. The molecule has 0 radical (unpaired) electrons. The van der Waals surface area contributed by atoms with Gasteiger partial charge >= 0.3 is 6.18 Å². The van der Waals surface area contributed by atoms with E-state index >= 15 is 0 Å². The van der Waals surface area contributed by atoms with Crippen molar-refractivity contribution in [1.82, 2.24) is 10.6 Å². The molecule has 0 aromatic heterocycles. The zero-order valence-electron chi connectivity index (χ0n) is 21.3. The predicted octanol–water partition coefficient (Wildman–Crippen LogP) is 4.52. The van der Waals surface area contributed by atoms with Crippen molar-refractivity contribution >= 4 is 30.0 Å². The first-order valence-corrected chi connectivity index (χ1v) is 12.1. The molecule has 4 N–H and O–H groups in total. The van der Waals surface area contributed by atoms with Gasteiger partial charge in [0.05, 0.1) is 12.2 Å².